The fraction of sp³-hybridized carbons (Fsp3) is 0.526. The van der Waals surface area contributed by atoms with Crippen LogP contribution in [-0.2, 0) is 4.79 Å². The highest BCUT2D eigenvalue weighted by molar-refractivity contribution is 8.00. The van der Waals surface area contributed by atoms with E-state index in [1.54, 1.807) is 11.8 Å². The lowest BCUT2D eigenvalue weighted by atomic mass is 9.75. The summed E-state index contributed by atoms with van der Waals surface area (Å²) in [5, 5.41) is 0.130. The summed E-state index contributed by atoms with van der Waals surface area (Å²) in [4.78, 5) is 14.1. The summed E-state index contributed by atoms with van der Waals surface area (Å²) in [5.41, 5.74) is 0.484. The smallest absolute Gasteiger partial charge is 0.150 e. The Bertz CT molecular complexity index is 605. The van der Waals surface area contributed by atoms with Gasteiger partial charge in [-0.15, -0.1) is 18.3 Å². The van der Waals surface area contributed by atoms with Gasteiger partial charge in [0.1, 0.15) is 5.78 Å². The first-order chi connectivity index (χ1) is 10.0. The lowest BCUT2D eigenvalue weighted by Crippen LogP contribution is -2.33. The van der Waals surface area contributed by atoms with Gasteiger partial charge in [0.05, 0.1) is 5.25 Å². The standard InChI is InChI=1S/C19H22OS/c1-4-10-19-11-18(2,3)14-13(15(14)19)16(20)17(19)21-12-8-6-5-7-9-12/h4-9,13-15,17H,1,10-11H2,2-3H3. The molecule has 0 heterocycles. The van der Waals surface area contributed by atoms with Crippen molar-refractivity contribution in [2.24, 2.45) is 28.6 Å². The first-order valence-electron chi connectivity index (χ1n) is 7.88. The number of rotatable bonds is 4. The minimum atomic E-state index is 0.130. The molecule has 0 saturated heterocycles. The molecule has 3 saturated carbocycles. The number of carbonyl (C=O) groups excluding carboxylic acids is 1. The van der Waals surface area contributed by atoms with Crippen molar-refractivity contribution in [1.29, 1.82) is 0 Å². The summed E-state index contributed by atoms with van der Waals surface area (Å²) in [6.45, 7) is 8.70. The average molecular weight is 298 g/mol. The van der Waals surface area contributed by atoms with Crippen LogP contribution in [0.5, 0.6) is 0 Å². The van der Waals surface area contributed by atoms with Gasteiger partial charge < -0.3 is 0 Å². The highest BCUT2D eigenvalue weighted by Crippen LogP contribution is 2.81. The molecule has 1 aromatic rings. The van der Waals surface area contributed by atoms with E-state index in [4.69, 9.17) is 0 Å². The number of ketones is 1. The van der Waals surface area contributed by atoms with Gasteiger partial charge in [0.2, 0.25) is 0 Å². The second kappa shape index (κ2) is 4.25. The third kappa shape index (κ3) is 1.69. The topological polar surface area (TPSA) is 17.1 Å². The van der Waals surface area contributed by atoms with E-state index in [1.165, 1.54) is 11.3 Å². The van der Waals surface area contributed by atoms with Gasteiger partial charge in [-0.05, 0) is 47.6 Å². The molecule has 4 rings (SSSR count). The molecule has 0 amide bonds. The van der Waals surface area contributed by atoms with Crippen LogP contribution in [0.15, 0.2) is 47.9 Å². The largest absolute Gasteiger partial charge is 0.298 e. The second-order valence-electron chi connectivity index (χ2n) is 7.68. The zero-order valence-electron chi connectivity index (χ0n) is 12.7. The van der Waals surface area contributed by atoms with Crippen LogP contribution in [0.3, 0.4) is 0 Å². The van der Waals surface area contributed by atoms with Crippen LogP contribution >= 0.6 is 11.8 Å². The van der Waals surface area contributed by atoms with E-state index in [0.29, 0.717) is 29.0 Å². The molecule has 0 spiro atoms. The Morgan fingerprint density at radius 2 is 2.00 bits per heavy atom. The molecule has 3 aliphatic rings. The van der Waals surface area contributed by atoms with Gasteiger partial charge in [-0.1, -0.05) is 38.1 Å². The fourth-order valence-corrected chi connectivity index (χ4v) is 6.99. The van der Waals surface area contributed by atoms with Crippen molar-refractivity contribution in [3.05, 3.63) is 43.0 Å². The molecule has 1 nitrogen and oxygen atoms in total. The molecule has 5 atom stereocenters. The number of benzene rings is 1. The third-order valence-corrected chi connectivity index (χ3v) is 7.48. The molecule has 0 aliphatic heterocycles. The van der Waals surface area contributed by atoms with Crippen molar-refractivity contribution in [3.63, 3.8) is 0 Å². The predicted octanol–water partition coefficient (Wildman–Crippen LogP) is 4.58. The SMILES string of the molecule is C=CCC12CC(C)(C)C3C(C(=O)C1Sc1ccccc1)C32. The van der Waals surface area contributed by atoms with Crippen molar-refractivity contribution in [2.45, 2.75) is 36.8 Å². The van der Waals surface area contributed by atoms with Crippen LogP contribution in [0.4, 0.5) is 0 Å². The van der Waals surface area contributed by atoms with E-state index < -0.39 is 0 Å². The Hall–Kier alpha value is -1.02. The van der Waals surface area contributed by atoms with E-state index in [1.807, 2.05) is 12.1 Å². The summed E-state index contributed by atoms with van der Waals surface area (Å²) in [7, 11) is 0. The maximum absolute atomic E-state index is 12.9. The van der Waals surface area contributed by atoms with E-state index in [-0.39, 0.29) is 10.7 Å². The second-order valence-corrected chi connectivity index (χ2v) is 8.86. The van der Waals surface area contributed by atoms with Crippen LogP contribution in [0.2, 0.25) is 0 Å². The predicted molar refractivity (Wildman–Crippen MR) is 87.2 cm³/mol. The number of carbonyl (C=O) groups is 1. The average Bonchev–Trinajstić information content (AvgIpc) is 3.12. The summed E-state index contributed by atoms with van der Waals surface area (Å²) < 4.78 is 0. The number of Topliss-reactive ketones (excluding diaryl/α,β-unsaturated/α-hetero) is 1. The highest BCUT2D eigenvalue weighted by Gasteiger charge is 2.81. The normalized spacial score (nSPS) is 41.9. The van der Waals surface area contributed by atoms with Gasteiger partial charge in [-0.3, -0.25) is 4.79 Å². The van der Waals surface area contributed by atoms with E-state index in [9.17, 15) is 4.79 Å². The van der Waals surface area contributed by atoms with Crippen LogP contribution in [0.1, 0.15) is 26.7 Å². The van der Waals surface area contributed by atoms with Gasteiger partial charge in [0, 0.05) is 10.8 Å². The Balaban J connectivity index is 1.71. The fourth-order valence-electron chi connectivity index (χ4n) is 5.56. The van der Waals surface area contributed by atoms with Crippen molar-refractivity contribution in [3.8, 4) is 0 Å². The van der Waals surface area contributed by atoms with E-state index in [2.05, 4.69) is 44.7 Å². The molecule has 3 aliphatic carbocycles. The Morgan fingerprint density at radius 3 is 2.67 bits per heavy atom. The molecule has 110 valence electrons. The van der Waals surface area contributed by atoms with Crippen molar-refractivity contribution in [1.82, 2.24) is 0 Å². The summed E-state index contributed by atoms with van der Waals surface area (Å²) in [6.07, 6.45) is 4.21. The summed E-state index contributed by atoms with van der Waals surface area (Å²) in [6, 6.07) is 10.4. The number of hydrogen-bond donors (Lipinski definition) is 0. The molecule has 0 bridgehead atoms. The van der Waals surface area contributed by atoms with Gasteiger partial charge in [0.15, 0.2) is 0 Å². The van der Waals surface area contributed by atoms with Crippen LogP contribution in [0.25, 0.3) is 0 Å². The first kappa shape index (κ1) is 13.6. The molecule has 1 aromatic carbocycles. The minimum absolute atomic E-state index is 0.130. The van der Waals surface area contributed by atoms with Crippen molar-refractivity contribution in [2.75, 3.05) is 0 Å². The maximum Gasteiger partial charge on any atom is 0.150 e. The molecule has 5 unspecified atom stereocenters. The quantitative estimate of drug-likeness (QED) is 0.757. The Labute approximate surface area is 131 Å². The van der Waals surface area contributed by atoms with Gasteiger partial charge in [-0.25, -0.2) is 0 Å². The summed E-state index contributed by atoms with van der Waals surface area (Å²) >= 11 is 1.80. The highest BCUT2D eigenvalue weighted by atomic mass is 32.2. The Morgan fingerprint density at radius 1 is 1.29 bits per heavy atom. The summed E-state index contributed by atoms with van der Waals surface area (Å²) in [5.74, 6) is 2.12. The molecule has 0 N–H and O–H groups in total. The van der Waals surface area contributed by atoms with Crippen LogP contribution < -0.4 is 0 Å². The number of thioether (sulfide) groups is 1. The van der Waals surface area contributed by atoms with E-state index >= 15 is 0 Å². The molecular formula is C19H22OS. The van der Waals surface area contributed by atoms with Crippen LogP contribution in [-0.4, -0.2) is 11.0 Å². The molecule has 0 radical (unpaired) electrons. The number of hydrogen-bond acceptors (Lipinski definition) is 2. The molecule has 2 heteroatoms. The molecule has 3 fully saturated rings. The number of fused-ring (bicyclic) bond motifs is 1. The lowest BCUT2D eigenvalue weighted by Gasteiger charge is -2.34. The van der Waals surface area contributed by atoms with Crippen molar-refractivity contribution >= 4 is 17.5 Å². The molecule has 21 heavy (non-hydrogen) atoms. The minimum Gasteiger partial charge on any atom is -0.298 e. The Kier molecular flexibility index (Phi) is 2.76. The van der Waals surface area contributed by atoms with Crippen LogP contribution in [0, 0.1) is 28.6 Å². The van der Waals surface area contributed by atoms with Gasteiger partial charge >= 0.3 is 0 Å². The zero-order valence-corrected chi connectivity index (χ0v) is 13.5. The first-order valence-corrected chi connectivity index (χ1v) is 8.75. The zero-order chi connectivity index (χ0) is 14.8. The van der Waals surface area contributed by atoms with E-state index in [0.717, 1.165) is 6.42 Å². The molecular weight excluding hydrogens is 276 g/mol. The monoisotopic (exact) mass is 298 g/mol. The maximum atomic E-state index is 12.9. The molecule has 0 aromatic heterocycles. The number of allylic oxidation sites excluding steroid dienone is 1. The third-order valence-electron chi connectivity index (χ3n) is 6.00. The lowest BCUT2D eigenvalue weighted by molar-refractivity contribution is -0.119. The van der Waals surface area contributed by atoms with Gasteiger partial charge in [-0.2, -0.15) is 0 Å². The van der Waals surface area contributed by atoms with Crippen molar-refractivity contribution < 1.29 is 4.79 Å². The van der Waals surface area contributed by atoms with Gasteiger partial charge in [0.25, 0.3) is 0 Å².